The number of nitrogens with zero attached hydrogens (tertiary/aromatic N) is 5. The van der Waals surface area contributed by atoms with Crippen LogP contribution in [0.15, 0.2) is 89.0 Å². The molecule has 4 rings (SSSR count). The number of benzene rings is 3. The summed E-state index contributed by atoms with van der Waals surface area (Å²) < 4.78 is 12.2. The molecule has 1 N–H and O–H groups in total. The highest BCUT2D eigenvalue weighted by Gasteiger charge is 2.54. The summed E-state index contributed by atoms with van der Waals surface area (Å²) in [7, 11) is 3.42. The van der Waals surface area contributed by atoms with Crippen LogP contribution in [0.3, 0.4) is 0 Å². The quantitative estimate of drug-likeness (QED) is 0.171. The monoisotopic (exact) mass is 513 g/mol. The first-order valence-corrected chi connectivity index (χ1v) is 12.4. The van der Waals surface area contributed by atoms with Crippen LogP contribution in [0.25, 0.3) is 10.4 Å². The molecule has 0 saturated heterocycles. The van der Waals surface area contributed by atoms with Gasteiger partial charge in [-0.1, -0.05) is 59.7 Å². The van der Waals surface area contributed by atoms with E-state index < -0.39 is 11.6 Å². The highest BCUT2D eigenvalue weighted by Crippen LogP contribution is 2.44. The fourth-order valence-corrected chi connectivity index (χ4v) is 4.58. The van der Waals surface area contributed by atoms with Gasteiger partial charge in [-0.2, -0.15) is 0 Å². The second-order valence-corrected chi connectivity index (χ2v) is 9.24. The van der Waals surface area contributed by atoms with Gasteiger partial charge in [0.15, 0.2) is 11.6 Å². The van der Waals surface area contributed by atoms with Gasteiger partial charge in [0, 0.05) is 44.0 Å². The van der Waals surface area contributed by atoms with Crippen LogP contribution >= 0.6 is 0 Å². The van der Waals surface area contributed by atoms with E-state index >= 15 is 0 Å². The molecule has 3 aromatic carbocycles. The Balaban J connectivity index is 1.82. The van der Waals surface area contributed by atoms with Gasteiger partial charge in [-0.25, -0.2) is 4.99 Å². The van der Waals surface area contributed by atoms with Crippen molar-refractivity contribution >= 4 is 11.8 Å². The summed E-state index contributed by atoms with van der Waals surface area (Å²) in [5.74, 6) is 0.822. The summed E-state index contributed by atoms with van der Waals surface area (Å²) in [6.07, 6.45) is 0.110. The predicted octanol–water partition coefficient (Wildman–Crippen LogP) is 4.85. The Kier molecular flexibility index (Phi) is 8.63. The second kappa shape index (κ2) is 12.3. The van der Waals surface area contributed by atoms with Crippen molar-refractivity contribution in [3.05, 3.63) is 112 Å². The van der Waals surface area contributed by atoms with E-state index in [1.165, 1.54) is 0 Å². The Morgan fingerprint density at radius 1 is 1.11 bits per heavy atom. The molecule has 9 nitrogen and oxygen atoms in total. The summed E-state index contributed by atoms with van der Waals surface area (Å²) in [6, 6.07) is 24.6. The average molecular weight is 514 g/mol. The standard InChI is InChI=1S/C29H31N5O4/c1-34(2)28(36)29(19-21-9-4-3-5-10-21)26(25-12-7-6-11-23(25)20-31-33-30)38-27(32-29)22-13-15-24(16-14-22)37-18-8-17-35/h3-7,9-16,26,35H,8,17-20H2,1-2H3/t26-,29-/m1/s1. The molecule has 38 heavy (non-hydrogen) atoms. The molecule has 0 bridgehead atoms. The van der Waals surface area contributed by atoms with Crippen molar-refractivity contribution in [2.45, 2.75) is 31.0 Å². The number of carbonyl (C=O) groups excluding carboxylic acids is 1. The number of likely N-dealkylation sites (N-methyl/N-ethyl adjacent to an activating group) is 1. The van der Waals surface area contributed by atoms with Gasteiger partial charge in [0.05, 0.1) is 13.2 Å². The molecule has 1 heterocycles. The Bertz CT molecular complexity index is 1320. The summed E-state index contributed by atoms with van der Waals surface area (Å²) in [6.45, 7) is 0.600. The topological polar surface area (TPSA) is 120 Å². The molecule has 0 aromatic heterocycles. The van der Waals surface area contributed by atoms with E-state index in [2.05, 4.69) is 10.0 Å². The van der Waals surface area contributed by atoms with Crippen molar-refractivity contribution in [2.75, 3.05) is 27.3 Å². The molecule has 0 fully saturated rings. The van der Waals surface area contributed by atoms with Gasteiger partial charge in [-0.3, -0.25) is 4.79 Å². The molecular formula is C29H31N5O4. The van der Waals surface area contributed by atoms with Gasteiger partial charge in [0.2, 0.25) is 5.90 Å². The molecule has 3 aromatic rings. The summed E-state index contributed by atoms with van der Waals surface area (Å²) in [5, 5.41) is 12.8. The van der Waals surface area contributed by atoms with Crippen molar-refractivity contribution < 1.29 is 19.4 Å². The van der Waals surface area contributed by atoms with Gasteiger partial charge in [0.25, 0.3) is 5.91 Å². The van der Waals surface area contributed by atoms with Crippen LogP contribution in [-0.4, -0.2) is 54.7 Å². The summed E-state index contributed by atoms with van der Waals surface area (Å²) in [4.78, 5) is 23.5. The van der Waals surface area contributed by atoms with Crippen LogP contribution in [0, 0.1) is 0 Å². The Morgan fingerprint density at radius 3 is 2.50 bits per heavy atom. The third-order valence-corrected chi connectivity index (χ3v) is 6.37. The molecule has 1 amide bonds. The number of hydrogen-bond acceptors (Lipinski definition) is 6. The van der Waals surface area contributed by atoms with E-state index in [0.29, 0.717) is 36.7 Å². The molecule has 0 saturated carbocycles. The minimum atomic E-state index is -1.29. The maximum atomic E-state index is 14.0. The minimum Gasteiger partial charge on any atom is -0.494 e. The largest absolute Gasteiger partial charge is 0.494 e. The number of hydrogen-bond donors (Lipinski definition) is 1. The zero-order valence-corrected chi connectivity index (χ0v) is 21.5. The van der Waals surface area contributed by atoms with E-state index in [0.717, 1.165) is 16.7 Å². The molecular weight excluding hydrogens is 482 g/mol. The van der Waals surface area contributed by atoms with Crippen LogP contribution in [0.1, 0.15) is 34.8 Å². The predicted molar refractivity (Wildman–Crippen MR) is 145 cm³/mol. The van der Waals surface area contributed by atoms with Gasteiger partial charge < -0.3 is 19.5 Å². The van der Waals surface area contributed by atoms with Crippen LogP contribution < -0.4 is 4.74 Å². The van der Waals surface area contributed by atoms with Crippen LogP contribution in [0.2, 0.25) is 0 Å². The van der Waals surface area contributed by atoms with Gasteiger partial charge in [-0.05, 0) is 46.5 Å². The molecule has 196 valence electrons. The first-order chi connectivity index (χ1) is 18.5. The van der Waals surface area contributed by atoms with Gasteiger partial charge in [-0.15, -0.1) is 0 Å². The fraction of sp³-hybridized carbons (Fsp3) is 0.310. The van der Waals surface area contributed by atoms with Crippen LogP contribution in [0.4, 0.5) is 0 Å². The smallest absolute Gasteiger partial charge is 0.254 e. The highest BCUT2D eigenvalue weighted by molar-refractivity contribution is 6.01. The van der Waals surface area contributed by atoms with Crippen molar-refractivity contribution in [2.24, 2.45) is 10.1 Å². The molecule has 2 atom stereocenters. The number of azide groups is 1. The molecule has 0 unspecified atom stereocenters. The zero-order chi connectivity index (χ0) is 27.0. The van der Waals surface area contributed by atoms with Crippen molar-refractivity contribution in [3.63, 3.8) is 0 Å². The molecule has 0 radical (unpaired) electrons. The molecule has 0 spiro atoms. The summed E-state index contributed by atoms with van der Waals surface area (Å²) >= 11 is 0. The maximum absolute atomic E-state index is 14.0. The lowest BCUT2D eigenvalue weighted by atomic mass is 9.80. The van der Waals surface area contributed by atoms with E-state index in [-0.39, 0.29) is 19.1 Å². The number of rotatable bonds is 11. The van der Waals surface area contributed by atoms with Crippen molar-refractivity contribution in [1.29, 1.82) is 0 Å². The third kappa shape index (κ3) is 5.80. The number of aliphatic imine (C=N–C) groups is 1. The van der Waals surface area contributed by atoms with Crippen molar-refractivity contribution in [3.8, 4) is 5.75 Å². The average Bonchev–Trinajstić information content (AvgIpc) is 3.32. The SMILES string of the molecule is CN(C)C(=O)[C@]1(Cc2ccccc2)N=C(c2ccc(OCCCO)cc2)O[C@@H]1c1ccccc1CN=[N+]=[N-]. The minimum absolute atomic E-state index is 0.0642. The summed E-state index contributed by atoms with van der Waals surface area (Å²) in [5.41, 5.74) is 10.8. The molecule has 9 heteroatoms. The Labute approximate surface area is 222 Å². The number of carbonyl (C=O) groups is 1. The fourth-order valence-electron chi connectivity index (χ4n) is 4.58. The van der Waals surface area contributed by atoms with E-state index in [1.54, 1.807) is 19.0 Å². The number of aliphatic hydroxyl groups is 1. The zero-order valence-electron chi connectivity index (χ0n) is 21.5. The first-order valence-electron chi connectivity index (χ1n) is 12.4. The Hall–Kier alpha value is -4.33. The normalized spacial score (nSPS) is 18.2. The van der Waals surface area contributed by atoms with E-state index in [1.807, 2.05) is 78.9 Å². The van der Waals surface area contributed by atoms with Crippen LogP contribution in [0.5, 0.6) is 5.75 Å². The van der Waals surface area contributed by atoms with Gasteiger partial charge in [0.1, 0.15) is 5.75 Å². The van der Waals surface area contributed by atoms with Crippen molar-refractivity contribution in [1.82, 2.24) is 4.90 Å². The second-order valence-electron chi connectivity index (χ2n) is 9.24. The molecule has 0 aliphatic carbocycles. The van der Waals surface area contributed by atoms with E-state index in [4.69, 9.17) is 25.1 Å². The highest BCUT2D eigenvalue weighted by atomic mass is 16.5. The lowest BCUT2D eigenvalue weighted by Gasteiger charge is -2.33. The molecule has 1 aliphatic rings. The van der Waals surface area contributed by atoms with Crippen LogP contribution in [-0.2, 0) is 22.5 Å². The number of ether oxygens (including phenoxy) is 2. The van der Waals surface area contributed by atoms with Gasteiger partial charge >= 0.3 is 0 Å². The molecule has 1 aliphatic heterocycles. The first kappa shape index (κ1) is 26.7. The number of aliphatic hydroxyl groups excluding tert-OH is 1. The lowest BCUT2D eigenvalue weighted by molar-refractivity contribution is -0.137. The maximum Gasteiger partial charge on any atom is 0.254 e. The lowest BCUT2D eigenvalue weighted by Crippen LogP contribution is -2.49. The van der Waals surface area contributed by atoms with E-state index in [9.17, 15) is 4.79 Å². The number of amides is 1. The Morgan fingerprint density at radius 2 is 1.82 bits per heavy atom. The third-order valence-electron chi connectivity index (χ3n) is 6.37.